The Kier molecular flexibility index (Phi) is 2.24. The molecular formula is C6H6F3N5O2. The molecule has 2 aliphatic heterocycles. The van der Waals surface area contributed by atoms with Crippen molar-refractivity contribution in [1.82, 2.24) is 21.3 Å². The molecule has 0 saturated carbocycles. The summed E-state index contributed by atoms with van der Waals surface area (Å²) in [5, 5.41) is 10.8. The number of rotatable bonds is 1. The van der Waals surface area contributed by atoms with E-state index in [1.54, 1.807) is 0 Å². The summed E-state index contributed by atoms with van der Waals surface area (Å²) in [5.41, 5.74) is 3.76. The lowest BCUT2D eigenvalue weighted by atomic mass is 10.3. The van der Waals surface area contributed by atoms with Gasteiger partial charge in [0.25, 0.3) is 0 Å². The van der Waals surface area contributed by atoms with Gasteiger partial charge in [0.1, 0.15) is 5.70 Å². The Labute approximate surface area is 86.6 Å². The van der Waals surface area contributed by atoms with E-state index in [0.717, 1.165) is 6.20 Å². The summed E-state index contributed by atoms with van der Waals surface area (Å²) in [5.74, 6) is -1.69. The van der Waals surface area contributed by atoms with Crippen LogP contribution >= 0.6 is 0 Å². The lowest BCUT2D eigenvalue weighted by molar-refractivity contribution is -0.232. The first-order chi connectivity index (χ1) is 7.39. The van der Waals surface area contributed by atoms with E-state index in [2.05, 4.69) is 15.7 Å². The molecule has 1 atom stereocenters. The monoisotopic (exact) mass is 237 g/mol. The minimum atomic E-state index is -4.64. The molecule has 4 N–H and O–H groups in total. The molecule has 0 bridgehead atoms. The first-order valence-corrected chi connectivity index (χ1v) is 4.05. The van der Waals surface area contributed by atoms with Gasteiger partial charge in [0.15, 0.2) is 12.0 Å². The molecular weight excluding hydrogens is 231 g/mol. The van der Waals surface area contributed by atoms with Crippen LogP contribution in [0.3, 0.4) is 0 Å². The van der Waals surface area contributed by atoms with E-state index in [4.69, 9.17) is 5.11 Å². The normalized spacial score (nSPS) is 24.4. The molecule has 0 amide bonds. The van der Waals surface area contributed by atoms with Gasteiger partial charge in [-0.3, -0.25) is 0 Å². The van der Waals surface area contributed by atoms with Gasteiger partial charge in [-0.15, -0.1) is 13.2 Å². The van der Waals surface area contributed by atoms with E-state index in [9.17, 15) is 18.0 Å². The smallest absolute Gasteiger partial charge is 0.477 e. The number of amidine groups is 1. The number of alkyl halides is 3. The number of hydrogen-bond acceptors (Lipinski definition) is 6. The van der Waals surface area contributed by atoms with Crippen LogP contribution in [0.4, 0.5) is 13.2 Å². The summed E-state index contributed by atoms with van der Waals surface area (Å²) in [6, 6.07) is 0. The Morgan fingerprint density at radius 1 is 1.56 bits per heavy atom. The van der Waals surface area contributed by atoms with Crippen molar-refractivity contribution in [3.63, 3.8) is 0 Å². The van der Waals surface area contributed by atoms with Gasteiger partial charge in [-0.2, -0.15) is 10.5 Å². The lowest BCUT2D eigenvalue weighted by Gasteiger charge is -2.22. The van der Waals surface area contributed by atoms with E-state index in [1.807, 2.05) is 5.53 Å². The zero-order chi connectivity index (χ0) is 11.9. The maximum Gasteiger partial charge on any atom is 0.501 e. The number of hydrazine groups is 2. The fourth-order valence-corrected chi connectivity index (χ4v) is 1.25. The number of halogens is 3. The van der Waals surface area contributed by atoms with Gasteiger partial charge in [-0.05, 0) is 0 Å². The van der Waals surface area contributed by atoms with Gasteiger partial charge in [0.05, 0.1) is 6.20 Å². The van der Waals surface area contributed by atoms with Gasteiger partial charge >= 0.3 is 12.3 Å². The molecule has 2 rings (SSSR count). The first kappa shape index (κ1) is 10.7. The average molecular weight is 237 g/mol. The molecule has 2 heterocycles. The Morgan fingerprint density at radius 2 is 2.25 bits per heavy atom. The van der Waals surface area contributed by atoms with Crippen molar-refractivity contribution in [3.05, 3.63) is 11.9 Å². The summed E-state index contributed by atoms with van der Waals surface area (Å²) in [7, 11) is 0. The van der Waals surface area contributed by atoms with Crippen LogP contribution < -0.4 is 16.3 Å². The molecule has 0 aromatic carbocycles. The number of aliphatic carboxylic acids is 1. The minimum Gasteiger partial charge on any atom is -0.477 e. The molecule has 16 heavy (non-hydrogen) atoms. The molecule has 1 saturated heterocycles. The van der Waals surface area contributed by atoms with E-state index in [-0.39, 0.29) is 10.7 Å². The van der Waals surface area contributed by atoms with E-state index >= 15 is 0 Å². The minimum absolute atomic E-state index is 0.139. The van der Waals surface area contributed by atoms with Gasteiger partial charge in [-0.1, -0.05) is 0 Å². The maximum atomic E-state index is 12.4. The number of carbonyl (C=O) groups is 1. The SMILES string of the molecule is O=C(O)C1=CN=C2C(NNN2C(F)(F)F)N1. The maximum absolute atomic E-state index is 12.4. The Morgan fingerprint density at radius 3 is 2.81 bits per heavy atom. The Balaban J connectivity index is 2.25. The second-order valence-corrected chi connectivity index (χ2v) is 2.97. The Bertz CT molecular complexity index is 390. The molecule has 0 spiro atoms. The molecule has 7 nitrogen and oxygen atoms in total. The molecule has 2 aliphatic rings. The highest BCUT2D eigenvalue weighted by atomic mass is 19.4. The van der Waals surface area contributed by atoms with Crippen LogP contribution in [0.1, 0.15) is 0 Å². The van der Waals surface area contributed by atoms with Crippen LogP contribution in [-0.4, -0.2) is 34.4 Å². The van der Waals surface area contributed by atoms with Crippen LogP contribution in [0, 0.1) is 0 Å². The molecule has 10 heteroatoms. The number of hydrogen-bond donors (Lipinski definition) is 4. The van der Waals surface area contributed by atoms with Crippen LogP contribution in [0.25, 0.3) is 0 Å². The van der Waals surface area contributed by atoms with Crippen molar-refractivity contribution in [1.29, 1.82) is 0 Å². The molecule has 1 fully saturated rings. The summed E-state index contributed by atoms with van der Waals surface area (Å²) in [6.45, 7) is 0. The highest BCUT2D eigenvalue weighted by Crippen LogP contribution is 2.23. The molecule has 0 aromatic rings. The first-order valence-electron chi connectivity index (χ1n) is 4.05. The van der Waals surface area contributed by atoms with Crippen LogP contribution in [0.15, 0.2) is 16.9 Å². The van der Waals surface area contributed by atoms with Crippen LogP contribution in [0.2, 0.25) is 0 Å². The quantitative estimate of drug-likeness (QED) is 0.441. The summed E-state index contributed by atoms with van der Waals surface area (Å²) < 4.78 is 37.1. The lowest BCUT2D eigenvalue weighted by Crippen LogP contribution is -2.49. The van der Waals surface area contributed by atoms with Crippen molar-refractivity contribution in [2.45, 2.75) is 12.5 Å². The third kappa shape index (κ3) is 1.67. The number of fused-ring (bicyclic) bond motifs is 1. The number of nitrogens with one attached hydrogen (secondary N) is 3. The largest absolute Gasteiger partial charge is 0.501 e. The zero-order valence-electron chi connectivity index (χ0n) is 7.54. The van der Waals surface area contributed by atoms with Crippen molar-refractivity contribution < 1.29 is 23.1 Å². The van der Waals surface area contributed by atoms with Crippen molar-refractivity contribution in [2.75, 3.05) is 0 Å². The predicted octanol–water partition coefficient (Wildman–Crippen LogP) is -0.915. The number of carboxylic acids is 1. The molecule has 88 valence electrons. The summed E-state index contributed by atoms with van der Waals surface area (Å²) in [6.07, 6.45) is -4.85. The van der Waals surface area contributed by atoms with Crippen LogP contribution in [0.5, 0.6) is 0 Å². The fourth-order valence-electron chi connectivity index (χ4n) is 1.25. The molecule has 0 aromatic heterocycles. The van der Waals surface area contributed by atoms with Gasteiger partial charge in [0.2, 0.25) is 0 Å². The highest BCUT2D eigenvalue weighted by Gasteiger charge is 2.47. The van der Waals surface area contributed by atoms with E-state index < -0.39 is 24.3 Å². The number of nitrogens with zero attached hydrogens (tertiary/aromatic N) is 2. The van der Waals surface area contributed by atoms with Gasteiger partial charge < -0.3 is 10.4 Å². The van der Waals surface area contributed by atoms with E-state index in [1.165, 1.54) is 0 Å². The summed E-state index contributed by atoms with van der Waals surface area (Å²) in [4.78, 5) is 14.0. The second-order valence-electron chi connectivity index (χ2n) is 2.97. The highest BCUT2D eigenvalue weighted by molar-refractivity contribution is 5.94. The third-order valence-electron chi connectivity index (χ3n) is 1.92. The van der Waals surface area contributed by atoms with Crippen molar-refractivity contribution in [3.8, 4) is 0 Å². The second kappa shape index (κ2) is 3.35. The fraction of sp³-hybridized carbons (Fsp3) is 0.333. The van der Waals surface area contributed by atoms with Crippen LogP contribution in [-0.2, 0) is 4.79 Å². The van der Waals surface area contributed by atoms with Crippen molar-refractivity contribution in [2.24, 2.45) is 4.99 Å². The van der Waals surface area contributed by atoms with Gasteiger partial charge in [0, 0.05) is 0 Å². The zero-order valence-corrected chi connectivity index (χ0v) is 7.54. The van der Waals surface area contributed by atoms with E-state index in [0.29, 0.717) is 0 Å². The Hall–Kier alpha value is -1.81. The number of carboxylic acid groups (broad SMARTS) is 1. The third-order valence-corrected chi connectivity index (χ3v) is 1.92. The van der Waals surface area contributed by atoms with Gasteiger partial charge in [-0.25, -0.2) is 15.2 Å². The topological polar surface area (TPSA) is 89.0 Å². The standard InChI is InChI=1S/C6H6F3N5O2/c7-6(8,9)14-4-3(12-13-14)11-2(1-10-4)5(15)16/h1,3,11-13H,(H,15,16). The van der Waals surface area contributed by atoms with Crippen molar-refractivity contribution >= 4 is 11.8 Å². The molecule has 1 unspecified atom stereocenters. The molecule has 0 aliphatic carbocycles. The average Bonchev–Trinajstić information content (AvgIpc) is 2.58. The summed E-state index contributed by atoms with van der Waals surface area (Å²) >= 11 is 0. The number of aliphatic imine (C=N–C) groups is 1. The molecule has 0 radical (unpaired) electrons. The predicted molar refractivity (Wildman–Crippen MR) is 44.2 cm³/mol.